The Kier molecular flexibility index (Phi) is 77.2. The molecule has 0 aromatic heterocycles. The molecule has 90 heavy (non-hydrogen) atoms. The molecular formula is C85H152O5. The first-order chi connectivity index (χ1) is 44.6. The van der Waals surface area contributed by atoms with Gasteiger partial charge < -0.3 is 14.6 Å². The molecule has 0 aromatic carbocycles. The predicted octanol–water partition coefficient (Wildman–Crippen LogP) is 28.1. The smallest absolute Gasteiger partial charge is 0.306 e. The molecule has 522 valence electrons. The number of hydrogen-bond acceptors (Lipinski definition) is 5. The van der Waals surface area contributed by atoms with Gasteiger partial charge in [-0.25, -0.2) is 0 Å². The van der Waals surface area contributed by atoms with Gasteiger partial charge in [0.25, 0.3) is 0 Å². The Morgan fingerprint density at radius 3 is 0.722 bits per heavy atom. The van der Waals surface area contributed by atoms with E-state index in [0.717, 1.165) is 83.5 Å². The van der Waals surface area contributed by atoms with E-state index >= 15 is 0 Å². The summed E-state index contributed by atoms with van der Waals surface area (Å²) in [4.78, 5) is 24.7. The summed E-state index contributed by atoms with van der Waals surface area (Å²) in [5.74, 6) is -0.570. The zero-order chi connectivity index (χ0) is 64.7. The number of esters is 2. The van der Waals surface area contributed by atoms with Crippen LogP contribution in [-0.4, -0.2) is 36.4 Å². The number of aliphatic hydroxyl groups is 1. The van der Waals surface area contributed by atoms with Gasteiger partial charge in [0, 0.05) is 12.8 Å². The molecule has 1 atom stereocenters. The van der Waals surface area contributed by atoms with E-state index in [9.17, 15) is 14.7 Å². The lowest BCUT2D eigenvalue weighted by atomic mass is 10.0. The average Bonchev–Trinajstić information content (AvgIpc) is 3.58. The monoisotopic (exact) mass is 1250 g/mol. The quantitative estimate of drug-likeness (QED) is 0.0373. The minimum Gasteiger partial charge on any atom is -0.462 e. The zero-order valence-electron chi connectivity index (χ0n) is 60.1. The molecule has 1 N–H and O–H groups in total. The van der Waals surface area contributed by atoms with E-state index in [-0.39, 0.29) is 25.2 Å². The summed E-state index contributed by atoms with van der Waals surface area (Å²) >= 11 is 0. The fourth-order valence-corrected chi connectivity index (χ4v) is 11.9. The van der Waals surface area contributed by atoms with Crippen molar-refractivity contribution in [2.24, 2.45) is 0 Å². The minimum atomic E-state index is -0.774. The van der Waals surface area contributed by atoms with Crippen molar-refractivity contribution >= 4 is 11.9 Å². The van der Waals surface area contributed by atoms with Gasteiger partial charge in [-0.15, -0.1) is 0 Å². The third kappa shape index (κ3) is 77.3. The molecule has 0 aromatic rings. The first-order valence-electron chi connectivity index (χ1n) is 39.8. The van der Waals surface area contributed by atoms with E-state index in [1.807, 2.05) is 0 Å². The molecule has 0 saturated carbocycles. The Balaban J connectivity index is 3.39. The maximum absolute atomic E-state index is 12.4. The lowest BCUT2D eigenvalue weighted by Gasteiger charge is -2.15. The molecule has 0 amide bonds. The molecule has 0 aliphatic heterocycles. The second-order valence-electron chi connectivity index (χ2n) is 26.8. The summed E-state index contributed by atoms with van der Waals surface area (Å²) in [5, 5.41) is 9.73. The van der Waals surface area contributed by atoms with E-state index in [0.29, 0.717) is 12.8 Å². The number of ether oxygens (including phenoxy) is 2. The minimum absolute atomic E-state index is 0.0624. The molecule has 0 heterocycles. The van der Waals surface area contributed by atoms with E-state index in [4.69, 9.17) is 9.47 Å². The number of carbonyl (C=O) groups is 2. The predicted molar refractivity (Wildman–Crippen MR) is 399 cm³/mol. The second-order valence-corrected chi connectivity index (χ2v) is 26.8. The first-order valence-corrected chi connectivity index (χ1v) is 39.8. The van der Waals surface area contributed by atoms with Crippen molar-refractivity contribution in [2.75, 3.05) is 13.2 Å². The van der Waals surface area contributed by atoms with E-state index in [2.05, 4.69) is 111 Å². The maximum atomic E-state index is 12.4. The summed E-state index contributed by atoms with van der Waals surface area (Å²) < 4.78 is 10.8. The van der Waals surface area contributed by atoms with E-state index in [1.165, 1.54) is 302 Å². The number of hydrogen-bond donors (Lipinski definition) is 1. The number of aliphatic hydroxyl groups excluding tert-OH is 1. The molecule has 5 nitrogen and oxygen atoms in total. The highest BCUT2D eigenvalue weighted by Gasteiger charge is 2.16. The van der Waals surface area contributed by atoms with Crippen molar-refractivity contribution in [3.63, 3.8) is 0 Å². The van der Waals surface area contributed by atoms with Crippen molar-refractivity contribution in [2.45, 2.75) is 418 Å². The standard InChI is InChI=1S/C85H152O5/c1-3-5-7-9-11-13-15-17-19-21-23-25-27-29-31-33-35-37-39-40-41-42-43-44-46-47-49-51-53-55-57-59-61-63-65-67-69-71-73-75-77-79-84(87)89-82-83(81-86)90-85(88)80-78-76-74-72-70-68-66-64-62-60-58-56-54-52-50-48-45-38-36-34-32-30-28-26-24-22-20-18-16-14-12-10-8-6-4-2/h6,8,12,14-15,17-18,20-21,23-24,26-27,29-30,32,83,86H,3-5,7,9-11,13,16,19,22,25,28,31,33-82H2,1-2H3/b8-6-,14-12-,17-15-,20-18-,23-21-,26-24-,29-27-,32-30-. The van der Waals surface area contributed by atoms with Crippen LogP contribution in [0, 0.1) is 0 Å². The summed E-state index contributed by atoms with van der Waals surface area (Å²) in [6.07, 6.45) is 115. The zero-order valence-corrected chi connectivity index (χ0v) is 60.1. The number of carbonyl (C=O) groups excluding carboxylic acids is 2. The number of unbranched alkanes of at least 4 members (excludes halogenated alkanes) is 50. The summed E-state index contributed by atoms with van der Waals surface area (Å²) in [6.45, 7) is 4.06. The third-order valence-corrected chi connectivity index (χ3v) is 17.9. The highest BCUT2D eigenvalue weighted by atomic mass is 16.6. The van der Waals surface area contributed by atoms with Crippen molar-refractivity contribution in [3.8, 4) is 0 Å². The molecular weight excluding hydrogens is 1100 g/mol. The second kappa shape index (κ2) is 80.1. The van der Waals surface area contributed by atoms with Crippen LogP contribution >= 0.6 is 0 Å². The molecule has 0 aliphatic carbocycles. The molecule has 5 heteroatoms. The van der Waals surface area contributed by atoms with Crippen LogP contribution in [-0.2, 0) is 19.1 Å². The Morgan fingerprint density at radius 1 is 0.267 bits per heavy atom. The van der Waals surface area contributed by atoms with Gasteiger partial charge in [-0.2, -0.15) is 0 Å². The maximum Gasteiger partial charge on any atom is 0.306 e. The molecule has 1 unspecified atom stereocenters. The first kappa shape index (κ1) is 86.8. The number of rotatable bonds is 74. The molecule has 0 rings (SSSR count). The Bertz CT molecular complexity index is 1660. The van der Waals surface area contributed by atoms with E-state index in [1.54, 1.807) is 0 Å². The highest BCUT2D eigenvalue weighted by Crippen LogP contribution is 2.19. The van der Waals surface area contributed by atoms with Gasteiger partial charge in [0.15, 0.2) is 6.10 Å². The van der Waals surface area contributed by atoms with Crippen molar-refractivity contribution < 1.29 is 24.2 Å². The summed E-state index contributed by atoms with van der Waals surface area (Å²) in [7, 11) is 0. The molecule has 0 radical (unpaired) electrons. The lowest BCUT2D eigenvalue weighted by molar-refractivity contribution is -0.161. The van der Waals surface area contributed by atoms with Crippen LogP contribution in [0.5, 0.6) is 0 Å². The summed E-state index contributed by atoms with van der Waals surface area (Å²) in [6, 6.07) is 0. The van der Waals surface area contributed by atoms with Gasteiger partial charge in [-0.3, -0.25) is 9.59 Å². The normalized spacial score (nSPS) is 12.7. The van der Waals surface area contributed by atoms with Crippen LogP contribution < -0.4 is 0 Å². The van der Waals surface area contributed by atoms with Gasteiger partial charge in [-0.05, 0) is 96.3 Å². The van der Waals surface area contributed by atoms with Gasteiger partial charge >= 0.3 is 11.9 Å². The largest absolute Gasteiger partial charge is 0.462 e. The SMILES string of the molecule is CC/C=C\C/C=C\C/C=C\C/C=C\C/C=C\CCCCCCCCCCCCCCCCCCCCCC(=O)OC(CO)COC(=O)CCCCCCCCCCCCCCCCCCCCCCCCCCCC/C=C\C/C=C\C/C=C\CCCCCCC. The highest BCUT2D eigenvalue weighted by molar-refractivity contribution is 5.70. The summed E-state index contributed by atoms with van der Waals surface area (Å²) in [5.41, 5.74) is 0. The fraction of sp³-hybridized carbons (Fsp3) is 0.788. The van der Waals surface area contributed by atoms with Gasteiger partial charge in [0.05, 0.1) is 6.61 Å². The fourth-order valence-electron chi connectivity index (χ4n) is 11.9. The van der Waals surface area contributed by atoms with Gasteiger partial charge in [-0.1, -0.05) is 400 Å². The molecule has 0 aliphatic rings. The Morgan fingerprint density at radius 2 is 0.478 bits per heavy atom. The van der Waals surface area contributed by atoms with Crippen LogP contribution in [0.25, 0.3) is 0 Å². The third-order valence-electron chi connectivity index (χ3n) is 17.9. The topological polar surface area (TPSA) is 72.8 Å². The molecule has 0 fully saturated rings. The molecule has 0 bridgehead atoms. The van der Waals surface area contributed by atoms with Crippen molar-refractivity contribution in [1.29, 1.82) is 0 Å². The average molecular weight is 1250 g/mol. The van der Waals surface area contributed by atoms with E-state index < -0.39 is 6.10 Å². The van der Waals surface area contributed by atoms with Gasteiger partial charge in [0.2, 0.25) is 0 Å². The number of allylic oxidation sites excluding steroid dienone is 16. The van der Waals surface area contributed by atoms with Gasteiger partial charge in [0.1, 0.15) is 6.61 Å². The van der Waals surface area contributed by atoms with Crippen molar-refractivity contribution in [3.05, 3.63) is 97.2 Å². The van der Waals surface area contributed by atoms with Crippen molar-refractivity contribution in [1.82, 2.24) is 0 Å². The van der Waals surface area contributed by atoms with Crippen LogP contribution in [0.2, 0.25) is 0 Å². The molecule has 0 spiro atoms. The van der Waals surface area contributed by atoms with Crippen LogP contribution in [0.1, 0.15) is 412 Å². The van der Waals surface area contributed by atoms with Crippen LogP contribution in [0.15, 0.2) is 97.2 Å². The van der Waals surface area contributed by atoms with Crippen LogP contribution in [0.3, 0.4) is 0 Å². The Hall–Kier alpha value is -3.18. The Labute approximate surface area is 561 Å². The van der Waals surface area contributed by atoms with Crippen LogP contribution in [0.4, 0.5) is 0 Å². The molecule has 0 saturated heterocycles. The lowest BCUT2D eigenvalue weighted by Crippen LogP contribution is -2.28.